The molecule has 41 heavy (non-hydrogen) atoms. The number of ether oxygens (including phenoxy) is 1. The molecule has 212 valence electrons. The van der Waals surface area contributed by atoms with Gasteiger partial charge in [-0.05, 0) is 56.6 Å². The molecule has 12 heteroatoms. The van der Waals surface area contributed by atoms with E-state index in [1.165, 1.54) is 11.3 Å². The quantitative estimate of drug-likeness (QED) is 0.374. The first-order valence-corrected chi connectivity index (χ1v) is 14.8. The molecule has 3 atom stereocenters. The Morgan fingerprint density at radius 1 is 1.10 bits per heavy atom. The number of rotatable bonds is 7. The average molecular weight is 577 g/mol. The number of hydrogen-bond acceptors (Lipinski definition) is 10. The second-order valence-electron chi connectivity index (χ2n) is 11.9. The number of esters is 1. The van der Waals surface area contributed by atoms with Gasteiger partial charge in [-0.25, -0.2) is 4.98 Å². The highest BCUT2D eigenvalue weighted by atomic mass is 32.1. The summed E-state index contributed by atoms with van der Waals surface area (Å²) in [5.74, 6) is -1.67. The predicted molar refractivity (Wildman–Crippen MR) is 143 cm³/mol. The zero-order valence-electron chi connectivity index (χ0n) is 22.1. The van der Waals surface area contributed by atoms with Crippen LogP contribution in [-0.4, -0.2) is 51.3 Å². The van der Waals surface area contributed by atoms with Crippen molar-refractivity contribution in [1.82, 2.24) is 15.2 Å². The number of anilines is 1. The van der Waals surface area contributed by atoms with Gasteiger partial charge in [-0.1, -0.05) is 6.07 Å². The van der Waals surface area contributed by atoms with Crippen LogP contribution in [0.25, 0.3) is 0 Å². The molecule has 5 fully saturated rings. The Morgan fingerprint density at radius 3 is 2.63 bits per heavy atom. The smallest absolute Gasteiger partial charge is 0.312 e. The van der Waals surface area contributed by atoms with Gasteiger partial charge in [0, 0.05) is 29.3 Å². The number of carbonyl (C=O) groups is 6. The monoisotopic (exact) mass is 576 g/mol. The second-order valence-corrected chi connectivity index (χ2v) is 12.8. The minimum Gasteiger partial charge on any atom is -0.459 e. The molecule has 2 N–H and O–H groups in total. The first-order chi connectivity index (χ1) is 19.7. The van der Waals surface area contributed by atoms with Crippen molar-refractivity contribution in [3.63, 3.8) is 0 Å². The van der Waals surface area contributed by atoms with Gasteiger partial charge in [0.05, 0.1) is 28.8 Å². The fourth-order valence-electron chi connectivity index (χ4n) is 7.62. The molecular weight excluding hydrogens is 548 g/mol. The summed E-state index contributed by atoms with van der Waals surface area (Å²) in [6.45, 7) is 0.325. The first-order valence-electron chi connectivity index (χ1n) is 13.9. The molecule has 2 aliphatic heterocycles. The van der Waals surface area contributed by atoms with Crippen LogP contribution in [0.4, 0.5) is 5.69 Å². The third kappa shape index (κ3) is 4.27. The van der Waals surface area contributed by atoms with E-state index in [1.54, 1.807) is 18.2 Å². The van der Waals surface area contributed by atoms with Crippen molar-refractivity contribution in [3.8, 4) is 0 Å². The molecule has 4 amide bonds. The van der Waals surface area contributed by atoms with Crippen LogP contribution in [0.1, 0.15) is 76.4 Å². The maximum absolute atomic E-state index is 13.3. The number of Topliss-reactive ketones (excluding diaryl/α,β-unsaturated/α-hetero) is 1. The summed E-state index contributed by atoms with van der Waals surface area (Å²) in [5.41, 5.74) is 0.902. The van der Waals surface area contributed by atoms with Gasteiger partial charge < -0.3 is 10.1 Å². The molecule has 6 aliphatic rings. The molecule has 1 aromatic heterocycles. The average Bonchev–Trinajstić information content (AvgIpc) is 3.51. The highest BCUT2D eigenvalue weighted by Gasteiger charge is 2.59. The number of nitrogens with zero attached hydrogens (tertiary/aromatic N) is 2. The summed E-state index contributed by atoms with van der Waals surface area (Å²) < 4.78 is 5.73. The SMILES string of the molecule is O=C1CCC(N2C(=O)c3cccc(NCc4nc(COC(=O)C56CC7CC(C5)C(=O)C(C7)C6)cs4)c3C2=O)C(=O)N1. The molecule has 4 bridgehead atoms. The molecule has 4 saturated carbocycles. The van der Waals surface area contributed by atoms with Crippen molar-refractivity contribution in [2.75, 3.05) is 5.32 Å². The molecule has 0 spiro atoms. The van der Waals surface area contributed by atoms with Gasteiger partial charge in [0.25, 0.3) is 11.8 Å². The van der Waals surface area contributed by atoms with Crippen LogP contribution < -0.4 is 10.6 Å². The third-order valence-corrected chi connectivity index (χ3v) is 10.2. The standard InChI is InChI=1S/C29H28N4O7S/c34-21-5-4-20(25(36)32-21)33-26(37)18-2-1-3-19(23(18)27(33)38)30-11-22-31-17(13-41-22)12-40-28(39)29-8-14-6-15(9-29)24(35)16(7-14)10-29/h1-3,13-16,20,30H,4-12H2,(H,32,34,36). The zero-order valence-corrected chi connectivity index (χ0v) is 23.0. The van der Waals surface area contributed by atoms with Crippen molar-refractivity contribution >= 4 is 52.4 Å². The molecule has 8 rings (SSSR count). The number of fused-ring (bicyclic) bond motifs is 1. The van der Waals surface area contributed by atoms with E-state index in [0.29, 0.717) is 40.9 Å². The highest BCUT2D eigenvalue weighted by molar-refractivity contribution is 7.09. The lowest BCUT2D eigenvalue weighted by molar-refractivity contribution is -0.175. The lowest BCUT2D eigenvalue weighted by Crippen LogP contribution is -2.54. The van der Waals surface area contributed by atoms with E-state index in [1.807, 2.05) is 5.38 Å². The molecule has 1 saturated heterocycles. The number of imide groups is 2. The van der Waals surface area contributed by atoms with E-state index >= 15 is 0 Å². The summed E-state index contributed by atoms with van der Waals surface area (Å²) in [4.78, 5) is 81.4. The summed E-state index contributed by atoms with van der Waals surface area (Å²) in [6, 6.07) is 3.86. The molecule has 11 nitrogen and oxygen atoms in total. The van der Waals surface area contributed by atoms with E-state index in [2.05, 4.69) is 15.6 Å². The topological polar surface area (TPSA) is 152 Å². The molecule has 1 aromatic carbocycles. The minimum atomic E-state index is -1.03. The number of carbonyl (C=O) groups excluding carboxylic acids is 6. The van der Waals surface area contributed by atoms with Crippen LogP contribution >= 0.6 is 11.3 Å². The Balaban J connectivity index is 0.989. The second kappa shape index (κ2) is 9.57. The van der Waals surface area contributed by atoms with E-state index in [4.69, 9.17) is 4.74 Å². The zero-order chi connectivity index (χ0) is 28.5. The Hall–Kier alpha value is -3.93. The van der Waals surface area contributed by atoms with Gasteiger partial charge in [0.2, 0.25) is 11.8 Å². The van der Waals surface area contributed by atoms with Gasteiger partial charge >= 0.3 is 5.97 Å². The Kier molecular flexibility index (Phi) is 6.07. The van der Waals surface area contributed by atoms with Crippen LogP contribution in [0.5, 0.6) is 0 Å². The van der Waals surface area contributed by atoms with Gasteiger partial charge in [-0.2, -0.15) is 0 Å². The largest absolute Gasteiger partial charge is 0.459 e. The number of thiazole rings is 1. The van der Waals surface area contributed by atoms with Crippen molar-refractivity contribution in [2.24, 2.45) is 23.2 Å². The Morgan fingerprint density at radius 2 is 1.88 bits per heavy atom. The van der Waals surface area contributed by atoms with Crippen LogP contribution in [0, 0.1) is 23.2 Å². The Bertz CT molecular complexity index is 1510. The van der Waals surface area contributed by atoms with E-state index < -0.39 is 35.1 Å². The van der Waals surface area contributed by atoms with E-state index in [0.717, 1.165) is 24.2 Å². The van der Waals surface area contributed by atoms with Crippen molar-refractivity contribution in [3.05, 3.63) is 45.4 Å². The molecule has 3 heterocycles. The van der Waals surface area contributed by atoms with Crippen LogP contribution in [0.15, 0.2) is 23.6 Å². The Labute approximate surface area is 239 Å². The number of amides is 4. The summed E-state index contributed by atoms with van der Waals surface area (Å²) >= 11 is 1.38. The summed E-state index contributed by atoms with van der Waals surface area (Å²) in [5, 5.41) is 7.90. The maximum Gasteiger partial charge on any atom is 0.312 e. The minimum absolute atomic E-state index is 0.00320. The fourth-order valence-corrected chi connectivity index (χ4v) is 8.34. The lowest BCUT2D eigenvalue weighted by Gasteiger charge is -2.53. The normalized spacial score (nSPS) is 30.0. The maximum atomic E-state index is 13.3. The number of piperidine rings is 1. The van der Waals surface area contributed by atoms with Gasteiger partial charge in [-0.15, -0.1) is 11.3 Å². The van der Waals surface area contributed by atoms with Crippen molar-refractivity contribution in [1.29, 1.82) is 0 Å². The van der Waals surface area contributed by atoms with Crippen molar-refractivity contribution in [2.45, 2.75) is 64.1 Å². The van der Waals surface area contributed by atoms with Crippen molar-refractivity contribution < 1.29 is 33.5 Å². The van der Waals surface area contributed by atoms with Gasteiger partial charge in [0.1, 0.15) is 23.4 Å². The van der Waals surface area contributed by atoms with E-state index in [-0.39, 0.29) is 54.9 Å². The summed E-state index contributed by atoms with van der Waals surface area (Å²) in [6.07, 6.45) is 3.98. The molecule has 0 radical (unpaired) electrons. The van der Waals surface area contributed by atoms with Crippen LogP contribution in [0.2, 0.25) is 0 Å². The third-order valence-electron chi connectivity index (χ3n) is 9.28. The fraction of sp³-hybridized carbons (Fsp3) is 0.483. The van der Waals surface area contributed by atoms with Gasteiger partial charge in [-0.3, -0.25) is 39.0 Å². The number of benzene rings is 1. The number of ketones is 1. The molecular formula is C29H28N4O7S. The van der Waals surface area contributed by atoms with Crippen LogP contribution in [-0.2, 0) is 37.1 Å². The number of hydrogen-bond donors (Lipinski definition) is 2. The molecule has 2 aromatic rings. The first kappa shape index (κ1) is 26.0. The van der Waals surface area contributed by atoms with E-state index in [9.17, 15) is 28.8 Å². The predicted octanol–water partition coefficient (Wildman–Crippen LogP) is 2.60. The van der Waals surface area contributed by atoms with Gasteiger partial charge in [0.15, 0.2) is 0 Å². The number of aromatic nitrogens is 1. The molecule has 3 unspecified atom stereocenters. The molecule has 4 aliphatic carbocycles. The number of nitrogens with one attached hydrogen (secondary N) is 2. The summed E-state index contributed by atoms with van der Waals surface area (Å²) in [7, 11) is 0. The lowest BCUT2D eigenvalue weighted by atomic mass is 9.49. The van der Waals surface area contributed by atoms with Crippen LogP contribution in [0.3, 0.4) is 0 Å². The highest BCUT2D eigenvalue weighted by Crippen LogP contribution is 2.59.